The summed E-state index contributed by atoms with van der Waals surface area (Å²) in [6.07, 6.45) is 2.40. The fourth-order valence-electron chi connectivity index (χ4n) is 1.46. The maximum Gasteiger partial charge on any atom is 0.355 e. The van der Waals surface area contributed by atoms with Gasteiger partial charge in [0.25, 0.3) is 0 Å². The van der Waals surface area contributed by atoms with Gasteiger partial charge in [-0.2, -0.15) is 0 Å². The van der Waals surface area contributed by atoms with E-state index in [1.165, 1.54) is 16.7 Å². The highest BCUT2D eigenvalue weighted by molar-refractivity contribution is 7.13. The average Bonchev–Trinajstić information content (AvgIpc) is 2.86. The van der Waals surface area contributed by atoms with E-state index in [1.54, 1.807) is 0 Å². The Morgan fingerprint density at radius 3 is 3.27 bits per heavy atom. The van der Waals surface area contributed by atoms with Crippen molar-refractivity contribution in [3.63, 3.8) is 0 Å². The molecule has 1 aromatic rings. The number of rotatable bonds is 4. The van der Waals surface area contributed by atoms with Crippen molar-refractivity contribution in [1.29, 1.82) is 0 Å². The van der Waals surface area contributed by atoms with Crippen LogP contribution in [0.15, 0.2) is 5.38 Å². The molecule has 1 fully saturated rings. The molecular formula is C9H12N2O3S. The average molecular weight is 228 g/mol. The van der Waals surface area contributed by atoms with Crippen molar-refractivity contribution in [3.8, 4) is 0 Å². The highest BCUT2D eigenvalue weighted by atomic mass is 32.1. The van der Waals surface area contributed by atoms with Crippen LogP contribution in [0.2, 0.25) is 0 Å². The van der Waals surface area contributed by atoms with Crippen LogP contribution in [-0.2, 0) is 4.74 Å². The van der Waals surface area contributed by atoms with Gasteiger partial charge < -0.3 is 15.2 Å². The summed E-state index contributed by atoms with van der Waals surface area (Å²) in [6, 6.07) is 0. The van der Waals surface area contributed by atoms with Crippen molar-refractivity contribution >= 4 is 22.4 Å². The second-order valence-corrected chi connectivity index (χ2v) is 4.22. The van der Waals surface area contributed by atoms with Crippen molar-refractivity contribution in [3.05, 3.63) is 11.1 Å². The zero-order valence-corrected chi connectivity index (χ0v) is 8.92. The lowest BCUT2D eigenvalue weighted by molar-refractivity contribution is 0.0691. The predicted octanol–water partition coefficient (Wildman–Crippen LogP) is 1.43. The van der Waals surface area contributed by atoms with Gasteiger partial charge in [0, 0.05) is 18.5 Å². The molecule has 1 saturated heterocycles. The van der Waals surface area contributed by atoms with Crippen LogP contribution in [0, 0.1) is 0 Å². The summed E-state index contributed by atoms with van der Waals surface area (Å²) >= 11 is 1.30. The van der Waals surface area contributed by atoms with Crippen LogP contribution in [0.4, 0.5) is 5.13 Å². The lowest BCUT2D eigenvalue weighted by Crippen LogP contribution is -2.18. The molecule has 82 valence electrons. The molecule has 2 rings (SSSR count). The van der Waals surface area contributed by atoms with E-state index >= 15 is 0 Å². The molecule has 15 heavy (non-hydrogen) atoms. The molecule has 1 atom stereocenters. The van der Waals surface area contributed by atoms with Crippen LogP contribution in [0.5, 0.6) is 0 Å². The Labute approximate surface area is 91.1 Å². The van der Waals surface area contributed by atoms with Gasteiger partial charge in [0.2, 0.25) is 0 Å². The predicted molar refractivity (Wildman–Crippen MR) is 56.5 cm³/mol. The first-order valence-electron chi connectivity index (χ1n) is 4.80. The van der Waals surface area contributed by atoms with E-state index in [0.717, 1.165) is 19.4 Å². The monoisotopic (exact) mass is 228 g/mol. The topological polar surface area (TPSA) is 71.5 Å². The van der Waals surface area contributed by atoms with E-state index in [4.69, 9.17) is 9.84 Å². The van der Waals surface area contributed by atoms with Gasteiger partial charge in [-0.05, 0) is 12.8 Å². The SMILES string of the molecule is O=C(O)c1csc(NC[C@H]2CCCO2)n1. The minimum absolute atomic E-state index is 0.0924. The lowest BCUT2D eigenvalue weighted by atomic mass is 10.2. The third-order valence-corrected chi connectivity index (χ3v) is 3.03. The number of anilines is 1. The van der Waals surface area contributed by atoms with E-state index in [1.807, 2.05) is 0 Å². The summed E-state index contributed by atoms with van der Waals surface area (Å²) in [5.74, 6) is -0.989. The number of nitrogens with zero attached hydrogens (tertiary/aromatic N) is 1. The first-order chi connectivity index (χ1) is 7.25. The number of thiazole rings is 1. The van der Waals surface area contributed by atoms with Gasteiger partial charge in [0.05, 0.1) is 6.10 Å². The molecule has 2 heterocycles. The number of carboxylic acids is 1. The molecule has 0 radical (unpaired) electrons. The molecule has 5 nitrogen and oxygen atoms in total. The molecule has 6 heteroatoms. The van der Waals surface area contributed by atoms with Crippen molar-refractivity contribution in [2.75, 3.05) is 18.5 Å². The summed E-state index contributed by atoms with van der Waals surface area (Å²) in [5, 5.41) is 13.9. The Morgan fingerprint density at radius 1 is 1.80 bits per heavy atom. The van der Waals surface area contributed by atoms with Gasteiger partial charge in [0.1, 0.15) is 0 Å². The van der Waals surface area contributed by atoms with Crippen LogP contribution < -0.4 is 5.32 Å². The number of hydrogen-bond acceptors (Lipinski definition) is 5. The number of hydrogen-bond donors (Lipinski definition) is 2. The Hall–Kier alpha value is -1.14. The number of nitrogens with one attached hydrogen (secondary N) is 1. The van der Waals surface area contributed by atoms with Crippen molar-refractivity contribution < 1.29 is 14.6 Å². The number of carbonyl (C=O) groups is 1. The molecule has 1 aliphatic rings. The van der Waals surface area contributed by atoms with Gasteiger partial charge in [-0.15, -0.1) is 11.3 Å². The summed E-state index contributed by atoms with van der Waals surface area (Å²) in [6.45, 7) is 1.52. The molecule has 0 spiro atoms. The first kappa shape index (κ1) is 10.4. The van der Waals surface area contributed by atoms with E-state index in [9.17, 15) is 4.79 Å². The van der Waals surface area contributed by atoms with Gasteiger partial charge in [-0.3, -0.25) is 0 Å². The highest BCUT2D eigenvalue weighted by Gasteiger charge is 2.16. The summed E-state index contributed by atoms with van der Waals surface area (Å²) in [5.41, 5.74) is 0.0924. The van der Waals surface area contributed by atoms with Crippen molar-refractivity contribution in [2.24, 2.45) is 0 Å². The normalized spacial score (nSPS) is 20.4. The molecule has 0 amide bonds. The second-order valence-electron chi connectivity index (χ2n) is 3.36. The van der Waals surface area contributed by atoms with Crippen LogP contribution in [0.25, 0.3) is 0 Å². The van der Waals surface area contributed by atoms with Crippen molar-refractivity contribution in [1.82, 2.24) is 4.98 Å². The third-order valence-electron chi connectivity index (χ3n) is 2.23. The summed E-state index contributed by atoms with van der Waals surface area (Å²) in [7, 11) is 0. The molecule has 0 aliphatic carbocycles. The standard InChI is InChI=1S/C9H12N2O3S/c12-8(13)7-5-15-9(11-7)10-4-6-2-1-3-14-6/h5-6H,1-4H2,(H,10,11)(H,12,13)/t6-/m1/s1. The molecule has 0 unspecified atom stereocenters. The second kappa shape index (κ2) is 4.59. The van der Waals surface area contributed by atoms with Crippen LogP contribution in [-0.4, -0.2) is 35.3 Å². The van der Waals surface area contributed by atoms with Crippen molar-refractivity contribution in [2.45, 2.75) is 18.9 Å². The molecule has 1 aliphatic heterocycles. The zero-order chi connectivity index (χ0) is 10.7. The molecule has 0 aromatic carbocycles. The molecule has 1 aromatic heterocycles. The summed E-state index contributed by atoms with van der Waals surface area (Å²) in [4.78, 5) is 14.5. The Morgan fingerprint density at radius 2 is 2.67 bits per heavy atom. The number of aromatic carboxylic acids is 1. The van der Waals surface area contributed by atoms with Crippen LogP contribution in [0.3, 0.4) is 0 Å². The fourth-order valence-corrected chi connectivity index (χ4v) is 2.15. The third kappa shape index (κ3) is 2.66. The van der Waals surface area contributed by atoms with E-state index in [0.29, 0.717) is 11.7 Å². The van der Waals surface area contributed by atoms with Crippen LogP contribution in [0.1, 0.15) is 23.3 Å². The van der Waals surface area contributed by atoms with E-state index in [2.05, 4.69) is 10.3 Å². The van der Waals surface area contributed by atoms with Gasteiger partial charge in [-0.1, -0.05) is 0 Å². The van der Waals surface area contributed by atoms with Gasteiger partial charge in [-0.25, -0.2) is 9.78 Å². The first-order valence-corrected chi connectivity index (χ1v) is 5.68. The number of aromatic nitrogens is 1. The summed E-state index contributed by atoms with van der Waals surface area (Å²) < 4.78 is 5.43. The minimum Gasteiger partial charge on any atom is -0.476 e. The molecule has 0 saturated carbocycles. The Bertz CT molecular complexity index is 347. The zero-order valence-electron chi connectivity index (χ0n) is 8.10. The molecular weight excluding hydrogens is 216 g/mol. The fraction of sp³-hybridized carbons (Fsp3) is 0.556. The Balaban J connectivity index is 1.84. The maximum atomic E-state index is 10.6. The van der Waals surface area contributed by atoms with E-state index < -0.39 is 5.97 Å². The largest absolute Gasteiger partial charge is 0.476 e. The maximum absolute atomic E-state index is 10.6. The Kier molecular flexibility index (Phi) is 3.17. The number of carboxylic acid groups (broad SMARTS) is 1. The van der Waals surface area contributed by atoms with Gasteiger partial charge >= 0.3 is 5.97 Å². The quantitative estimate of drug-likeness (QED) is 0.815. The van der Waals surface area contributed by atoms with Gasteiger partial charge in [0.15, 0.2) is 10.8 Å². The minimum atomic E-state index is -0.989. The lowest BCUT2D eigenvalue weighted by Gasteiger charge is -2.08. The smallest absolute Gasteiger partial charge is 0.355 e. The van der Waals surface area contributed by atoms with E-state index in [-0.39, 0.29) is 11.8 Å². The highest BCUT2D eigenvalue weighted by Crippen LogP contribution is 2.17. The number of ether oxygens (including phenoxy) is 1. The molecule has 0 bridgehead atoms. The van der Waals surface area contributed by atoms with Crippen LogP contribution >= 0.6 is 11.3 Å². The molecule has 2 N–H and O–H groups in total.